The van der Waals surface area contributed by atoms with Crippen LogP contribution in [0.15, 0.2) is 10.5 Å². The fourth-order valence-electron chi connectivity index (χ4n) is 0.953. The maximum Gasteiger partial charge on any atom is 0.271 e. The fraction of sp³-hybridized carbons (Fsp3) is 0.250. The second kappa shape index (κ2) is 4.85. The minimum absolute atomic E-state index is 0.0309. The minimum Gasteiger partial charge on any atom is -0.480 e. The average molecular weight is 300 g/mol. The van der Waals surface area contributed by atoms with Gasteiger partial charge in [-0.25, -0.2) is 13.8 Å². The largest absolute Gasteiger partial charge is 0.480 e. The highest BCUT2D eigenvalue weighted by molar-refractivity contribution is 9.10. The Bertz CT molecular complexity index is 400. The van der Waals surface area contributed by atoms with Crippen LogP contribution in [0, 0.1) is 0 Å². The van der Waals surface area contributed by atoms with E-state index in [1.54, 1.807) is 0 Å². The molecule has 0 unspecified atom stereocenters. The quantitative estimate of drug-likeness (QED) is 0.805. The molecule has 0 bridgehead atoms. The molecule has 0 amide bonds. The summed E-state index contributed by atoms with van der Waals surface area (Å²) in [7, 11) is 1.30. The first-order valence-corrected chi connectivity index (χ1v) is 4.87. The smallest absolute Gasteiger partial charge is 0.271 e. The highest BCUT2D eigenvalue weighted by atomic mass is 79.9. The number of alkyl halides is 2. The maximum atomic E-state index is 12.5. The molecule has 0 N–H and O–H groups in total. The first-order valence-electron chi connectivity index (χ1n) is 3.69. The Morgan fingerprint density at radius 1 is 1.67 bits per heavy atom. The molecular weight excluding hydrogens is 295 g/mol. The molecule has 0 saturated carbocycles. The number of carbonyl (C=O) groups excluding carboxylic acids is 1. The van der Waals surface area contributed by atoms with Crippen LogP contribution in [0.25, 0.3) is 0 Å². The van der Waals surface area contributed by atoms with Gasteiger partial charge in [0.1, 0.15) is 5.69 Å². The van der Waals surface area contributed by atoms with Gasteiger partial charge in [-0.15, -0.1) is 0 Å². The van der Waals surface area contributed by atoms with Gasteiger partial charge in [-0.1, -0.05) is 0 Å². The van der Waals surface area contributed by atoms with Gasteiger partial charge in [-0.2, -0.15) is 0 Å². The van der Waals surface area contributed by atoms with Crippen molar-refractivity contribution in [3.63, 3.8) is 0 Å². The van der Waals surface area contributed by atoms with Crippen LogP contribution in [0.5, 0.6) is 5.88 Å². The van der Waals surface area contributed by atoms with Gasteiger partial charge < -0.3 is 4.74 Å². The molecule has 1 aromatic rings. The summed E-state index contributed by atoms with van der Waals surface area (Å²) in [5.41, 5.74) is -1.02. The lowest BCUT2D eigenvalue weighted by atomic mass is 10.2. The van der Waals surface area contributed by atoms with Gasteiger partial charge in [0, 0.05) is 5.56 Å². The Hall–Kier alpha value is -0.750. The molecule has 0 aliphatic carbocycles. The molecular formula is C8H5BrClF2NO2. The summed E-state index contributed by atoms with van der Waals surface area (Å²) in [6.07, 6.45) is -2.82. The molecule has 0 fully saturated rings. The molecule has 0 spiro atoms. The second-order valence-corrected chi connectivity index (χ2v) is 3.69. The van der Waals surface area contributed by atoms with Crippen LogP contribution in [-0.2, 0) is 0 Å². The Labute approximate surface area is 97.5 Å². The predicted molar refractivity (Wildman–Crippen MR) is 53.6 cm³/mol. The van der Waals surface area contributed by atoms with Crippen LogP contribution in [0.3, 0.4) is 0 Å². The van der Waals surface area contributed by atoms with E-state index in [9.17, 15) is 13.6 Å². The summed E-state index contributed by atoms with van der Waals surface area (Å²) in [6.45, 7) is 0. The molecule has 7 heteroatoms. The van der Waals surface area contributed by atoms with Gasteiger partial charge in [0.25, 0.3) is 11.7 Å². The normalized spacial score (nSPS) is 10.5. The molecule has 0 saturated heterocycles. The summed E-state index contributed by atoms with van der Waals surface area (Å²) < 4.78 is 30.0. The van der Waals surface area contributed by atoms with Crippen molar-refractivity contribution in [1.29, 1.82) is 0 Å². The lowest BCUT2D eigenvalue weighted by Gasteiger charge is -2.08. The van der Waals surface area contributed by atoms with E-state index in [-0.39, 0.29) is 10.4 Å². The van der Waals surface area contributed by atoms with Crippen molar-refractivity contribution in [1.82, 2.24) is 4.98 Å². The summed E-state index contributed by atoms with van der Waals surface area (Å²) >= 11 is 8.11. The van der Waals surface area contributed by atoms with Crippen LogP contribution in [0.1, 0.15) is 22.5 Å². The van der Waals surface area contributed by atoms with Crippen molar-refractivity contribution in [3.8, 4) is 5.88 Å². The van der Waals surface area contributed by atoms with Crippen molar-refractivity contribution in [2.75, 3.05) is 7.11 Å². The van der Waals surface area contributed by atoms with Crippen LogP contribution in [0.4, 0.5) is 8.78 Å². The van der Waals surface area contributed by atoms with E-state index in [4.69, 9.17) is 16.3 Å². The zero-order chi connectivity index (χ0) is 11.6. The molecule has 3 nitrogen and oxygen atoms in total. The zero-order valence-corrected chi connectivity index (χ0v) is 9.77. The van der Waals surface area contributed by atoms with Gasteiger partial charge in [-0.3, -0.25) is 4.79 Å². The monoisotopic (exact) mass is 299 g/mol. The van der Waals surface area contributed by atoms with Gasteiger partial charge in [0.05, 0.1) is 11.6 Å². The minimum atomic E-state index is -2.82. The molecule has 0 radical (unpaired) electrons. The Morgan fingerprint density at radius 2 is 2.27 bits per heavy atom. The standard InChI is InChI=1S/C8H5BrClF2NO2/c1-15-8-4(9)2-3(7(11)12)5(13-8)6(10)14/h2,7H,1H3. The molecule has 1 heterocycles. The average Bonchev–Trinajstić information content (AvgIpc) is 2.16. The number of hydrogen-bond acceptors (Lipinski definition) is 3. The lowest BCUT2D eigenvalue weighted by molar-refractivity contribution is 0.105. The van der Waals surface area contributed by atoms with Crippen molar-refractivity contribution in [3.05, 3.63) is 21.8 Å². The number of rotatable bonds is 3. The SMILES string of the molecule is COc1nc(C(=O)Cl)c(C(F)F)cc1Br. The Morgan fingerprint density at radius 3 is 2.67 bits per heavy atom. The second-order valence-electron chi connectivity index (χ2n) is 2.49. The van der Waals surface area contributed by atoms with E-state index in [1.807, 2.05) is 0 Å². The van der Waals surface area contributed by atoms with E-state index in [0.29, 0.717) is 0 Å². The number of halogens is 4. The van der Waals surface area contributed by atoms with Crippen LogP contribution in [-0.4, -0.2) is 17.3 Å². The van der Waals surface area contributed by atoms with Gasteiger partial charge in [0.2, 0.25) is 5.88 Å². The van der Waals surface area contributed by atoms with E-state index in [2.05, 4.69) is 20.9 Å². The molecule has 0 atom stereocenters. The summed E-state index contributed by atoms with van der Waals surface area (Å²) in [5.74, 6) is 0.0309. The van der Waals surface area contributed by atoms with Gasteiger partial charge >= 0.3 is 0 Å². The summed E-state index contributed by atoms with van der Waals surface area (Å²) in [4.78, 5) is 14.4. The third-order valence-corrected chi connectivity index (χ3v) is 2.34. The molecule has 0 aliphatic heterocycles. The van der Waals surface area contributed by atoms with Gasteiger partial charge in [-0.05, 0) is 33.6 Å². The number of aromatic nitrogens is 1. The van der Waals surface area contributed by atoms with Crippen molar-refractivity contribution >= 4 is 32.8 Å². The van der Waals surface area contributed by atoms with E-state index < -0.39 is 22.9 Å². The topological polar surface area (TPSA) is 39.2 Å². The van der Waals surface area contributed by atoms with Crippen LogP contribution >= 0.6 is 27.5 Å². The van der Waals surface area contributed by atoms with Gasteiger partial charge in [0.15, 0.2) is 0 Å². The maximum absolute atomic E-state index is 12.5. The first-order chi connectivity index (χ1) is 6.97. The number of hydrogen-bond donors (Lipinski definition) is 0. The summed E-state index contributed by atoms with van der Waals surface area (Å²) in [6, 6.07) is 1.06. The number of nitrogens with zero attached hydrogens (tertiary/aromatic N) is 1. The summed E-state index contributed by atoms with van der Waals surface area (Å²) in [5, 5.41) is -1.05. The first kappa shape index (κ1) is 12.3. The number of carbonyl (C=O) groups is 1. The molecule has 82 valence electrons. The lowest BCUT2D eigenvalue weighted by Crippen LogP contribution is -2.04. The van der Waals surface area contributed by atoms with E-state index >= 15 is 0 Å². The van der Waals surface area contributed by atoms with Crippen molar-refractivity contribution in [2.24, 2.45) is 0 Å². The number of pyridine rings is 1. The van der Waals surface area contributed by atoms with Crippen LogP contribution in [0.2, 0.25) is 0 Å². The molecule has 0 aromatic carbocycles. The molecule has 0 aliphatic rings. The van der Waals surface area contributed by atoms with Crippen molar-refractivity contribution in [2.45, 2.75) is 6.43 Å². The highest BCUT2D eigenvalue weighted by Gasteiger charge is 2.21. The highest BCUT2D eigenvalue weighted by Crippen LogP contribution is 2.31. The van der Waals surface area contributed by atoms with E-state index in [1.165, 1.54) is 7.11 Å². The Kier molecular flexibility index (Phi) is 3.98. The van der Waals surface area contributed by atoms with E-state index in [0.717, 1.165) is 6.07 Å². The van der Waals surface area contributed by atoms with Crippen LogP contribution < -0.4 is 4.74 Å². The number of methoxy groups -OCH3 is 1. The zero-order valence-electron chi connectivity index (χ0n) is 7.43. The third kappa shape index (κ3) is 2.63. The predicted octanol–water partition coefficient (Wildman–Crippen LogP) is 3.17. The molecule has 1 rings (SSSR count). The molecule has 1 aromatic heterocycles. The Balaban J connectivity index is 3.39. The number of ether oxygens (including phenoxy) is 1. The van der Waals surface area contributed by atoms with Crippen molar-refractivity contribution < 1.29 is 18.3 Å². The molecule has 15 heavy (non-hydrogen) atoms. The third-order valence-electron chi connectivity index (χ3n) is 1.59. The fourth-order valence-corrected chi connectivity index (χ4v) is 1.60.